The van der Waals surface area contributed by atoms with E-state index in [-0.39, 0.29) is 0 Å². The van der Waals surface area contributed by atoms with E-state index in [0.717, 1.165) is 95.1 Å². The highest BCUT2D eigenvalue weighted by atomic mass is 32.1. The molecule has 0 radical (unpaired) electrons. The van der Waals surface area contributed by atoms with Crippen molar-refractivity contribution in [2.45, 2.75) is 58.4 Å². The molecule has 4 heterocycles. The van der Waals surface area contributed by atoms with Crippen molar-refractivity contribution in [2.24, 2.45) is 0 Å². The predicted octanol–water partition coefficient (Wildman–Crippen LogP) is 6.47. The molecule has 0 saturated heterocycles. The Morgan fingerprint density at radius 2 is 1.32 bits per heavy atom. The number of carbonyl (C=O) groups excluding carboxylic acids is 2. The van der Waals surface area contributed by atoms with Crippen molar-refractivity contribution in [1.82, 2.24) is 9.88 Å². The lowest BCUT2D eigenvalue weighted by atomic mass is 10.1. The van der Waals surface area contributed by atoms with E-state index in [2.05, 4.69) is 48.0 Å². The summed E-state index contributed by atoms with van der Waals surface area (Å²) in [5.41, 5.74) is 4.63. The molecule has 6 heteroatoms. The Balaban J connectivity index is 1.71. The van der Waals surface area contributed by atoms with Gasteiger partial charge in [0.25, 0.3) is 0 Å². The summed E-state index contributed by atoms with van der Waals surface area (Å²) < 4.78 is 0. The van der Waals surface area contributed by atoms with Crippen molar-refractivity contribution in [2.75, 3.05) is 13.1 Å². The first kappa shape index (κ1) is 22.2. The first-order valence-corrected chi connectivity index (χ1v) is 12.8. The molecule has 1 aliphatic heterocycles. The van der Waals surface area contributed by atoms with Gasteiger partial charge < -0.3 is 9.88 Å². The van der Waals surface area contributed by atoms with E-state index in [1.54, 1.807) is 22.7 Å². The van der Waals surface area contributed by atoms with Crippen LogP contribution in [-0.4, -0.2) is 41.6 Å². The molecule has 3 aromatic rings. The van der Waals surface area contributed by atoms with Crippen molar-refractivity contribution in [3.63, 3.8) is 0 Å². The average molecular weight is 455 g/mol. The third kappa shape index (κ3) is 5.08. The maximum atomic E-state index is 11.5. The van der Waals surface area contributed by atoms with Gasteiger partial charge in [-0.3, -0.25) is 9.59 Å². The van der Waals surface area contributed by atoms with Crippen LogP contribution in [0.1, 0.15) is 70.0 Å². The monoisotopic (exact) mass is 454 g/mol. The number of aromatic nitrogens is 1. The molecule has 0 amide bonds. The number of aromatic amines is 1. The second kappa shape index (κ2) is 10.1. The minimum absolute atomic E-state index is 0.547. The molecule has 1 N–H and O–H groups in total. The van der Waals surface area contributed by atoms with Crippen LogP contribution in [0.2, 0.25) is 0 Å². The van der Waals surface area contributed by atoms with Crippen LogP contribution in [0.15, 0.2) is 24.3 Å². The maximum absolute atomic E-state index is 11.5. The van der Waals surface area contributed by atoms with Gasteiger partial charge in [-0.05, 0) is 101 Å². The molecular weight excluding hydrogens is 424 g/mol. The zero-order valence-electron chi connectivity index (χ0n) is 18.3. The molecule has 31 heavy (non-hydrogen) atoms. The fraction of sp³-hybridized carbons (Fsp3) is 0.440. The molecule has 4 rings (SSSR count). The zero-order valence-corrected chi connectivity index (χ0v) is 19.9. The van der Waals surface area contributed by atoms with Crippen LogP contribution >= 0.6 is 22.7 Å². The van der Waals surface area contributed by atoms with Crippen LogP contribution in [0.3, 0.4) is 0 Å². The number of hydrogen-bond acceptors (Lipinski definition) is 5. The Hall–Kier alpha value is -2.02. The van der Waals surface area contributed by atoms with Gasteiger partial charge in [0.05, 0.1) is 30.9 Å². The number of aryl methyl sites for hydroxylation is 2. The summed E-state index contributed by atoms with van der Waals surface area (Å²) in [4.78, 5) is 33.0. The van der Waals surface area contributed by atoms with Crippen LogP contribution in [0, 0.1) is 0 Å². The van der Waals surface area contributed by atoms with Gasteiger partial charge in [-0.2, -0.15) is 0 Å². The van der Waals surface area contributed by atoms with Gasteiger partial charge in [-0.15, -0.1) is 22.7 Å². The summed E-state index contributed by atoms with van der Waals surface area (Å²) in [5, 5.41) is 0. The van der Waals surface area contributed by atoms with E-state index < -0.39 is 0 Å². The van der Waals surface area contributed by atoms with Crippen LogP contribution in [0.5, 0.6) is 0 Å². The molecule has 0 aromatic carbocycles. The van der Waals surface area contributed by atoms with Gasteiger partial charge in [0.2, 0.25) is 0 Å². The van der Waals surface area contributed by atoms with Gasteiger partial charge in [0.15, 0.2) is 12.6 Å². The highest BCUT2D eigenvalue weighted by molar-refractivity contribution is 7.17. The lowest BCUT2D eigenvalue weighted by molar-refractivity contribution is 0.111. The molecule has 164 valence electrons. The Labute approximate surface area is 192 Å². The Morgan fingerprint density at radius 1 is 0.839 bits per heavy atom. The van der Waals surface area contributed by atoms with E-state index in [0.29, 0.717) is 6.04 Å². The summed E-state index contributed by atoms with van der Waals surface area (Å²) in [6.07, 6.45) is 8.46. The molecule has 3 aromatic heterocycles. The number of fused-ring (bicyclic) bond motifs is 6. The lowest BCUT2D eigenvalue weighted by Crippen LogP contribution is -2.32. The number of nitrogens with one attached hydrogen (secondary N) is 1. The molecule has 0 unspecified atom stereocenters. The number of aldehydes is 2. The number of hydrogen-bond donors (Lipinski definition) is 1. The van der Waals surface area contributed by atoms with Crippen LogP contribution in [0.25, 0.3) is 21.1 Å². The Kier molecular flexibility index (Phi) is 7.20. The van der Waals surface area contributed by atoms with Crippen molar-refractivity contribution in [3.8, 4) is 21.1 Å². The number of nitrogens with zero attached hydrogens (tertiary/aromatic N) is 1. The van der Waals surface area contributed by atoms with Crippen molar-refractivity contribution < 1.29 is 9.59 Å². The van der Waals surface area contributed by atoms with Gasteiger partial charge in [0.1, 0.15) is 0 Å². The molecule has 4 nitrogen and oxygen atoms in total. The third-order valence-corrected chi connectivity index (χ3v) is 8.35. The Morgan fingerprint density at radius 3 is 1.74 bits per heavy atom. The fourth-order valence-electron chi connectivity index (χ4n) is 4.39. The van der Waals surface area contributed by atoms with Gasteiger partial charge >= 0.3 is 0 Å². The second-order valence-corrected chi connectivity index (χ2v) is 10.7. The first-order chi connectivity index (χ1) is 15.1. The summed E-state index contributed by atoms with van der Waals surface area (Å²) in [6.45, 7) is 6.79. The molecule has 0 saturated carbocycles. The van der Waals surface area contributed by atoms with Gasteiger partial charge in [-0.1, -0.05) is 0 Å². The van der Waals surface area contributed by atoms with Crippen molar-refractivity contribution >= 4 is 35.2 Å². The zero-order chi connectivity index (χ0) is 21.8. The molecule has 0 aliphatic carbocycles. The molecule has 0 atom stereocenters. The van der Waals surface area contributed by atoms with E-state index in [1.807, 2.05) is 0 Å². The summed E-state index contributed by atoms with van der Waals surface area (Å²) >= 11 is 3.13. The maximum Gasteiger partial charge on any atom is 0.160 e. The quantitative estimate of drug-likeness (QED) is 0.462. The molecule has 0 fully saturated rings. The van der Waals surface area contributed by atoms with E-state index >= 15 is 0 Å². The summed E-state index contributed by atoms with van der Waals surface area (Å²) in [6, 6.07) is 8.88. The second-order valence-electron chi connectivity index (χ2n) is 8.57. The van der Waals surface area contributed by atoms with Crippen LogP contribution < -0.4 is 0 Å². The fourth-order valence-corrected chi connectivity index (χ4v) is 6.40. The normalized spacial score (nSPS) is 16.1. The third-order valence-electron chi connectivity index (χ3n) is 6.08. The summed E-state index contributed by atoms with van der Waals surface area (Å²) in [5.74, 6) is 0. The Bertz CT molecular complexity index is 967. The smallest absolute Gasteiger partial charge is 0.160 e. The van der Waals surface area contributed by atoms with E-state index in [4.69, 9.17) is 0 Å². The van der Waals surface area contributed by atoms with E-state index in [9.17, 15) is 9.59 Å². The van der Waals surface area contributed by atoms with Gasteiger partial charge in [0, 0.05) is 6.04 Å². The molecular formula is C25H30N2O2S2. The average Bonchev–Trinajstić information content (AvgIpc) is 3.48. The minimum Gasteiger partial charge on any atom is -0.353 e. The van der Waals surface area contributed by atoms with Crippen LogP contribution in [0.4, 0.5) is 0 Å². The highest BCUT2D eigenvalue weighted by Gasteiger charge is 2.17. The summed E-state index contributed by atoms with van der Waals surface area (Å²) in [7, 11) is 0. The SMILES string of the molecule is CC(C)N1CCCCc2cc(C=O)sc2-c2ccc([nH]2)-c2sc(C=O)cc2CCCC1. The largest absolute Gasteiger partial charge is 0.353 e. The molecule has 0 spiro atoms. The number of carbonyl (C=O) groups is 2. The van der Waals surface area contributed by atoms with Crippen LogP contribution in [-0.2, 0) is 12.8 Å². The number of rotatable bonds is 3. The topological polar surface area (TPSA) is 53.2 Å². The minimum atomic E-state index is 0.547. The standard InChI is InChI=1S/C25H30N2O2S2/c1-17(2)27-11-5-3-7-18-13-20(15-28)30-24(18)22-9-10-23(26-22)25-19(8-4-6-12-27)14-21(16-29)31-25/h9-10,13-17,26H,3-8,11-12H2,1-2H3. The highest BCUT2D eigenvalue weighted by Crippen LogP contribution is 2.37. The van der Waals surface area contributed by atoms with Crippen molar-refractivity contribution in [1.29, 1.82) is 0 Å². The van der Waals surface area contributed by atoms with Crippen molar-refractivity contribution in [3.05, 3.63) is 45.1 Å². The van der Waals surface area contributed by atoms with E-state index in [1.165, 1.54) is 11.1 Å². The lowest BCUT2D eigenvalue weighted by Gasteiger charge is -2.26. The molecule has 1 aliphatic rings. The van der Waals surface area contributed by atoms with Gasteiger partial charge in [-0.25, -0.2) is 0 Å². The molecule has 2 bridgehead atoms. The predicted molar refractivity (Wildman–Crippen MR) is 131 cm³/mol. The first-order valence-electron chi connectivity index (χ1n) is 11.2. The number of thiophene rings is 2. The number of H-pyrrole nitrogens is 1.